The van der Waals surface area contributed by atoms with Crippen molar-refractivity contribution in [1.82, 2.24) is 5.32 Å². The Morgan fingerprint density at radius 3 is 2.10 bits per heavy atom. The van der Waals surface area contributed by atoms with E-state index in [0.717, 1.165) is 6.07 Å². The van der Waals surface area contributed by atoms with Crippen LogP contribution in [0.15, 0.2) is 30.3 Å². The molecule has 0 bridgehead atoms. The van der Waals surface area contributed by atoms with Crippen molar-refractivity contribution in [3.05, 3.63) is 70.3 Å². The lowest BCUT2D eigenvalue weighted by atomic mass is 9.96. The van der Waals surface area contributed by atoms with E-state index in [1.165, 1.54) is 18.2 Å². The van der Waals surface area contributed by atoms with E-state index in [4.69, 9.17) is 0 Å². The topological polar surface area (TPSA) is 12.0 Å². The minimum absolute atomic E-state index is 0.0302. The zero-order valence-corrected chi connectivity index (χ0v) is 11.0. The second-order valence-corrected chi connectivity index (χ2v) is 4.52. The van der Waals surface area contributed by atoms with Crippen molar-refractivity contribution in [3.63, 3.8) is 0 Å². The number of hydrogen-bond acceptors (Lipinski definition) is 1. The Morgan fingerprint density at radius 2 is 1.50 bits per heavy atom. The Bertz CT molecular complexity index is 640. The highest BCUT2D eigenvalue weighted by Gasteiger charge is 2.19. The Morgan fingerprint density at radius 1 is 0.850 bits per heavy atom. The van der Waals surface area contributed by atoms with Gasteiger partial charge in [0.25, 0.3) is 0 Å². The van der Waals surface area contributed by atoms with E-state index in [0.29, 0.717) is 17.2 Å². The molecule has 1 N–H and O–H groups in total. The van der Waals surface area contributed by atoms with Crippen molar-refractivity contribution >= 4 is 0 Å². The summed E-state index contributed by atoms with van der Waals surface area (Å²) >= 11 is 0. The molecule has 1 atom stereocenters. The number of halogens is 4. The second-order valence-electron chi connectivity index (χ2n) is 4.52. The summed E-state index contributed by atoms with van der Waals surface area (Å²) in [5.74, 6) is -3.60. The maximum Gasteiger partial charge on any atom is 0.161 e. The minimum atomic E-state index is -1.24. The molecule has 0 saturated carbocycles. The standard InChI is InChI=1S/C15H13F4N/c1-8-5-9(3-4-11(8)16)15(20-2)10-6-13(18)14(19)7-12(10)17/h3-7,15,20H,1-2H3. The van der Waals surface area contributed by atoms with Crippen molar-refractivity contribution in [2.45, 2.75) is 13.0 Å². The van der Waals surface area contributed by atoms with Gasteiger partial charge in [0, 0.05) is 11.6 Å². The van der Waals surface area contributed by atoms with E-state index >= 15 is 0 Å². The van der Waals surface area contributed by atoms with Crippen LogP contribution in [-0.2, 0) is 0 Å². The summed E-state index contributed by atoms with van der Waals surface area (Å²) in [4.78, 5) is 0. The lowest BCUT2D eigenvalue weighted by Gasteiger charge is -2.19. The number of rotatable bonds is 3. The molecule has 0 spiro atoms. The molecule has 0 radical (unpaired) electrons. The van der Waals surface area contributed by atoms with Gasteiger partial charge in [0.05, 0.1) is 6.04 Å². The zero-order chi connectivity index (χ0) is 14.9. The van der Waals surface area contributed by atoms with Crippen LogP contribution >= 0.6 is 0 Å². The molecule has 2 aromatic carbocycles. The molecule has 1 unspecified atom stereocenters. The van der Waals surface area contributed by atoms with Crippen LogP contribution in [0.25, 0.3) is 0 Å². The van der Waals surface area contributed by atoms with Crippen LogP contribution in [0.5, 0.6) is 0 Å². The van der Waals surface area contributed by atoms with Crippen LogP contribution in [-0.4, -0.2) is 7.05 Å². The molecule has 0 aromatic heterocycles. The van der Waals surface area contributed by atoms with Crippen molar-refractivity contribution in [2.75, 3.05) is 7.05 Å². The molecule has 2 rings (SSSR count). The van der Waals surface area contributed by atoms with Crippen molar-refractivity contribution in [3.8, 4) is 0 Å². The van der Waals surface area contributed by atoms with E-state index in [2.05, 4.69) is 5.32 Å². The molecule has 1 nitrogen and oxygen atoms in total. The largest absolute Gasteiger partial charge is 0.309 e. The third kappa shape index (κ3) is 2.67. The summed E-state index contributed by atoms with van der Waals surface area (Å²) < 4.78 is 53.3. The first kappa shape index (κ1) is 14.5. The third-order valence-electron chi connectivity index (χ3n) is 3.15. The van der Waals surface area contributed by atoms with Gasteiger partial charge in [-0.2, -0.15) is 0 Å². The number of benzene rings is 2. The Balaban J connectivity index is 2.52. The quantitative estimate of drug-likeness (QED) is 0.666. The molecule has 0 saturated heterocycles. The molecule has 0 amide bonds. The lowest BCUT2D eigenvalue weighted by Crippen LogP contribution is -2.19. The fourth-order valence-corrected chi connectivity index (χ4v) is 2.11. The number of hydrogen-bond donors (Lipinski definition) is 1. The molecule has 0 aliphatic heterocycles. The molecule has 0 aliphatic rings. The molecule has 106 valence electrons. The lowest BCUT2D eigenvalue weighted by molar-refractivity contribution is 0.483. The molecule has 0 aliphatic carbocycles. The molecule has 20 heavy (non-hydrogen) atoms. The summed E-state index contributed by atoms with van der Waals surface area (Å²) in [6, 6.07) is 4.90. The van der Waals surface area contributed by atoms with E-state index in [1.807, 2.05) is 0 Å². The fraction of sp³-hybridized carbons (Fsp3) is 0.200. The van der Waals surface area contributed by atoms with Gasteiger partial charge in [-0.1, -0.05) is 12.1 Å². The Hall–Kier alpha value is -1.88. The first-order valence-electron chi connectivity index (χ1n) is 6.01. The average Bonchev–Trinajstić information content (AvgIpc) is 2.40. The van der Waals surface area contributed by atoms with Gasteiger partial charge in [-0.05, 0) is 37.2 Å². The summed E-state index contributed by atoms with van der Waals surface area (Å²) in [5.41, 5.74) is 0.930. The molecule has 0 heterocycles. The second kappa shape index (κ2) is 5.63. The molecule has 2 aromatic rings. The summed E-state index contributed by atoms with van der Waals surface area (Å²) in [5, 5.41) is 2.82. The van der Waals surface area contributed by atoms with Crippen molar-refractivity contribution < 1.29 is 17.6 Å². The number of nitrogens with one attached hydrogen (secondary N) is 1. The van der Waals surface area contributed by atoms with Gasteiger partial charge in [0.2, 0.25) is 0 Å². The maximum atomic E-state index is 13.8. The van der Waals surface area contributed by atoms with Gasteiger partial charge >= 0.3 is 0 Å². The van der Waals surface area contributed by atoms with Crippen LogP contribution in [0.3, 0.4) is 0 Å². The Kier molecular flexibility index (Phi) is 4.09. The molecular formula is C15H13F4N. The average molecular weight is 283 g/mol. The van der Waals surface area contributed by atoms with Gasteiger partial charge in [-0.3, -0.25) is 0 Å². The molecule has 0 fully saturated rings. The van der Waals surface area contributed by atoms with Crippen LogP contribution in [0.1, 0.15) is 22.7 Å². The van der Waals surface area contributed by atoms with Gasteiger partial charge < -0.3 is 5.32 Å². The fourth-order valence-electron chi connectivity index (χ4n) is 2.11. The predicted octanol–water partition coefficient (Wildman–Crippen LogP) is 3.86. The third-order valence-corrected chi connectivity index (χ3v) is 3.15. The minimum Gasteiger partial charge on any atom is -0.309 e. The van der Waals surface area contributed by atoms with Gasteiger partial charge in [-0.15, -0.1) is 0 Å². The van der Waals surface area contributed by atoms with E-state index in [-0.39, 0.29) is 11.4 Å². The maximum absolute atomic E-state index is 13.8. The first-order chi connectivity index (χ1) is 9.43. The Labute approximate surface area is 114 Å². The van der Waals surface area contributed by atoms with E-state index in [9.17, 15) is 17.6 Å². The summed E-state index contributed by atoms with van der Waals surface area (Å²) in [6.07, 6.45) is 0. The van der Waals surface area contributed by atoms with Crippen molar-refractivity contribution in [2.24, 2.45) is 0 Å². The van der Waals surface area contributed by atoms with Crippen LogP contribution in [0, 0.1) is 30.2 Å². The van der Waals surface area contributed by atoms with E-state index in [1.54, 1.807) is 14.0 Å². The van der Waals surface area contributed by atoms with Crippen LogP contribution in [0.4, 0.5) is 17.6 Å². The SMILES string of the molecule is CNC(c1ccc(F)c(C)c1)c1cc(F)c(F)cc1F. The molecular weight excluding hydrogens is 270 g/mol. The monoisotopic (exact) mass is 283 g/mol. The van der Waals surface area contributed by atoms with Crippen LogP contribution < -0.4 is 5.32 Å². The number of aryl methyl sites for hydroxylation is 1. The van der Waals surface area contributed by atoms with Gasteiger partial charge in [0.15, 0.2) is 11.6 Å². The highest BCUT2D eigenvalue weighted by Crippen LogP contribution is 2.27. The predicted molar refractivity (Wildman–Crippen MR) is 68.4 cm³/mol. The van der Waals surface area contributed by atoms with Gasteiger partial charge in [0.1, 0.15) is 11.6 Å². The first-order valence-corrected chi connectivity index (χ1v) is 6.01. The zero-order valence-electron chi connectivity index (χ0n) is 11.0. The normalized spacial score (nSPS) is 12.5. The highest BCUT2D eigenvalue weighted by molar-refractivity contribution is 5.35. The van der Waals surface area contributed by atoms with Crippen LogP contribution in [0.2, 0.25) is 0 Å². The highest BCUT2D eigenvalue weighted by atomic mass is 19.2. The molecule has 5 heteroatoms. The smallest absolute Gasteiger partial charge is 0.161 e. The summed E-state index contributed by atoms with van der Waals surface area (Å²) in [6.45, 7) is 1.58. The van der Waals surface area contributed by atoms with Crippen molar-refractivity contribution in [1.29, 1.82) is 0 Å². The van der Waals surface area contributed by atoms with E-state index < -0.39 is 23.5 Å². The van der Waals surface area contributed by atoms with Gasteiger partial charge in [-0.25, -0.2) is 17.6 Å². The summed E-state index contributed by atoms with van der Waals surface area (Å²) in [7, 11) is 1.56.